The van der Waals surface area contributed by atoms with Crippen LogP contribution in [0.5, 0.6) is 0 Å². The van der Waals surface area contributed by atoms with E-state index in [0.29, 0.717) is 58.0 Å². The van der Waals surface area contributed by atoms with Gasteiger partial charge in [-0.05, 0) is 24.1 Å². The molecule has 2 rings (SSSR count). The van der Waals surface area contributed by atoms with E-state index >= 15 is 0 Å². The molecule has 33 heavy (non-hydrogen) atoms. The smallest absolute Gasteiger partial charge is 0.317 e. The van der Waals surface area contributed by atoms with Crippen molar-refractivity contribution in [3.05, 3.63) is 29.8 Å². The van der Waals surface area contributed by atoms with E-state index in [0.717, 1.165) is 18.5 Å². The first kappa shape index (κ1) is 26.5. The number of carbonyl (C=O) groups is 3. The summed E-state index contributed by atoms with van der Waals surface area (Å²) in [6, 6.07) is 7.68. The molecule has 1 heterocycles. The Morgan fingerprint density at radius 3 is 1.30 bits per heavy atom. The van der Waals surface area contributed by atoms with Crippen molar-refractivity contribution in [2.75, 3.05) is 84.3 Å². The highest BCUT2D eigenvalue weighted by molar-refractivity contribution is 5.69. The SMILES string of the molecule is Nc1ccc(CCN2CCN(CC(=O)O)CCN(CC(=O)O)CCN(CC(=O)O)CC2)cc1. The van der Waals surface area contributed by atoms with E-state index in [1.165, 1.54) is 0 Å². The minimum atomic E-state index is -0.967. The number of rotatable bonds is 9. The number of nitrogens with zero attached hydrogens (tertiary/aromatic N) is 4. The summed E-state index contributed by atoms with van der Waals surface area (Å²) in [6.07, 6.45) is 0.796. The monoisotopic (exact) mass is 465 g/mol. The summed E-state index contributed by atoms with van der Waals surface area (Å²) >= 11 is 0. The van der Waals surface area contributed by atoms with Gasteiger partial charge in [0.25, 0.3) is 0 Å². The van der Waals surface area contributed by atoms with Gasteiger partial charge in [-0.25, -0.2) is 0 Å². The zero-order chi connectivity index (χ0) is 24.2. The fraction of sp³-hybridized carbons (Fsp3) is 0.591. The van der Waals surface area contributed by atoms with Gasteiger partial charge in [-0.2, -0.15) is 0 Å². The van der Waals surface area contributed by atoms with Gasteiger partial charge in [0.2, 0.25) is 0 Å². The lowest BCUT2D eigenvalue weighted by Gasteiger charge is -2.33. The van der Waals surface area contributed by atoms with E-state index in [-0.39, 0.29) is 19.6 Å². The normalized spacial score (nSPS) is 18.3. The molecule has 1 fully saturated rings. The number of hydrogen-bond acceptors (Lipinski definition) is 8. The molecule has 0 atom stereocenters. The van der Waals surface area contributed by atoms with Gasteiger partial charge >= 0.3 is 17.9 Å². The van der Waals surface area contributed by atoms with E-state index < -0.39 is 17.9 Å². The molecule has 0 amide bonds. The Morgan fingerprint density at radius 1 is 0.636 bits per heavy atom. The van der Waals surface area contributed by atoms with Crippen LogP contribution in [0.15, 0.2) is 24.3 Å². The number of nitrogens with two attached hydrogens (primary N) is 1. The number of nitrogen functional groups attached to an aromatic ring is 1. The van der Waals surface area contributed by atoms with Gasteiger partial charge < -0.3 is 26.0 Å². The molecular formula is C22H35N5O6. The minimum Gasteiger partial charge on any atom is -0.480 e. The van der Waals surface area contributed by atoms with Crippen LogP contribution in [0, 0.1) is 0 Å². The Kier molecular flexibility index (Phi) is 11.0. The van der Waals surface area contributed by atoms with Crippen LogP contribution in [-0.2, 0) is 20.8 Å². The van der Waals surface area contributed by atoms with Crippen LogP contribution >= 0.6 is 0 Å². The van der Waals surface area contributed by atoms with Crippen LogP contribution < -0.4 is 5.73 Å². The molecular weight excluding hydrogens is 430 g/mol. The summed E-state index contributed by atoms with van der Waals surface area (Å²) in [5.74, 6) is -2.81. The van der Waals surface area contributed by atoms with Crippen molar-refractivity contribution in [3.8, 4) is 0 Å². The molecule has 11 nitrogen and oxygen atoms in total. The van der Waals surface area contributed by atoms with Crippen molar-refractivity contribution in [2.45, 2.75) is 6.42 Å². The predicted octanol–water partition coefficient (Wildman–Crippen LogP) is -0.713. The molecule has 0 radical (unpaired) electrons. The van der Waals surface area contributed by atoms with Crippen molar-refractivity contribution >= 4 is 23.6 Å². The number of benzene rings is 1. The highest BCUT2D eigenvalue weighted by Gasteiger charge is 2.20. The van der Waals surface area contributed by atoms with Gasteiger partial charge in [0.1, 0.15) is 0 Å². The topological polar surface area (TPSA) is 151 Å². The van der Waals surface area contributed by atoms with Gasteiger partial charge in [-0.1, -0.05) is 12.1 Å². The van der Waals surface area contributed by atoms with E-state index in [1.807, 2.05) is 34.1 Å². The fourth-order valence-electron chi connectivity index (χ4n) is 3.82. The average molecular weight is 466 g/mol. The maximum absolute atomic E-state index is 11.3. The first-order valence-corrected chi connectivity index (χ1v) is 11.1. The second-order valence-electron chi connectivity index (χ2n) is 8.34. The Hall–Kier alpha value is -2.73. The zero-order valence-electron chi connectivity index (χ0n) is 18.9. The average Bonchev–Trinajstić information content (AvgIpc) is 2.73. The van der Waals surface area contributed by atoms with Crippen molar-refractivity contribution in [2.24, 2.45) is 0 Å². The van der Waals surface area contributed by atoms with Crippen LogP contribution in [0.3, 0.4) is 0 Å². The van der Waals surface area contributed by atoms with Crippen LogP contribution in [0.25, 0.3) is 0 Å². The van der Waals surface area contributed by atoms with Crippen LogP contribution in [0.1, 0.15) is 5.56 Å². The number of hydrogen-bond donors (Lipinski definition) is 4. The second-order valence-corrected chi connectivity index (χ2v) is 8.34. The third-order valence-electron chi connectivity index (χ3n) is 5.70. The van der Waals surface area contributed by atoms with Crippen molar-refractivity contribution < 1.29 is 29.7 Å². The lowest BCUT2D eigenvalue weighted by atomic mass is 10.1. The Morgan fingerprint density at radius 2 is 0.970 bits per heavy atom. The van der Waals surface area contributed by atoms with E-state index in [4.69, 9.17) is 5.73 Å². The predicted molar refractivity (Wildman–Crippen MR) is 123 cm³/mol. The minimum absolute atomic E-state index is 0.113. The largest absolute Gasteiger partial charge is 0.480 e. The summed E-state index contributed by atoms with van der Waals surface area (Å²) in [5, 5.41) is 27.8. The second kappa shape index (κ2) is 13.7. The third kappa shape index (κ3) is 11.1. The lowest BCUT2D eigenvalue weighted by Crippen LogP contribution is -2.48. The van der Waals surface area contributed by atoms with E-state index in [2.05, 4.69) is 4.90 Å². The molecule has 5 N–H and O–H groups in total. The maximum Gasteiger partial charge on any atom is 0.317 e. The summed E-state index contributed by atoms with van der Waals surface area (Å²) in [5.41, 5.74) is 7.60. The Bertz CT molecular complexity index is 743. The van der Waals surface area contributed by atoms with Crippen molar-refractivity contribution in [1.29, 1.82) is 0 Å². The summed E-state index contributed by atoms with van der Waals surface area (Å²) in [4.78, 5) is 41.5. The number of aliphatic carboxylic acids is 3. The maximum atomic E-state index is 11.3. The highest BCUT2D eigenvalue weighted by atomic mass is 16.4. The van der Waals surface area contributed by atoms with Crippen LogP contribution in [0.2, 0.25) is 0 Å². The lowest BCUT2D eigenvalue weighted by molar-refractivity contribution is -0.140. The Balaban J connectivity index is 2.09. The van der Waals surface area contributed by atoms with Gasteiger partial charge in [-0.3, -0.25) is 29.1 Å². The van der Waals surface area contributed by atoms with E-state index in [1.54, 1.807) is 4.90 Å². The molecule has 1 aliphatic heterocycles. The molecule has 0 aromatic heterocycles. The standard InChI is InChI=1S/C22H35N5O6/c23-19-3-1-18(2-4-19)5-6-24-7-9-25(15-20(28)29)11-13-27(17-22(32)33)14-12-26(10-8-24)16-21(30)31/h1-4H,5-17,23H2,(H,28,29)(H,30,31)(H,32,33). The van der Waals surface area contributed by atoms with Crippen LogP contribution in [-0.4, -0.2) is 131 Å². The molecule has 11 heteroatoms. The first-order valence-electron chi connectivity index (χ1n) is 11.1. The molecule has 0 spiro atoms. The molecule has 0 saturated carbocycles. The van der Waals surface area contributed by atoms with Crippen LogP contribution in [0.4, 0.5) is 5.69 Å². The Labute approximate surface area is 194 Å². The first-order chi connectivity index (χ1) is 15.7. The summed E-state index contributed by atoms with van der Waals surface area (Å²) in [6.45, 7) is 4.28. The number of carboxylic acids is 3. The molecule has 1 saturated heterocycles. The number of anilines is 1. The van der Waals surface area contributed by atoms with Gasteiger partial charge in [-0.15, -0.1) is 0 Å². The molecule has 1 aromatic carbocycles. The third-order valence-corrected chi connectivity index (χ3v) is 5.70. The quantitative estimate of drug-likeness (QED) is 0.342. The summed E-state index contributed by atoms with van der Waals surface area (Å²) < 4.78 is 0. The molecule has 1 aromatic rings. The van der Waals surface area contributed by atoms with Crippen molar-refractivity contribution in [3.63, 3.8) is 0 Å². The van der Waals surface area contributed by atoms with Gasteiger partial charge in [0.05, 0.1) is 19.6 Å². The van der Waals surface area contributed by atoms with Crippen molar-refractivity contribution in [1.82, 2.24) is 19.6 Å². The molecule has 0 aliphatic carbocycles. The molecule has 0 unspecified atom stereocenters. The zero-order valence-corrected chi connectivity index (χ0v) is 18.9. The molecule has 0 bridgehead atoms. The fourth-order valence-corrected chi connectivity index (χ4v) is 3.82. The molecule has 184 valence electrons. The highest BCUT2D eigenvalue weighted by Crippen LogP contribution is 2.08. The number of carboxylic acid groups (broad SMARTS) is 3. The van der Waals surface area contributed by atoms with Gasteiger partial charge in [0, 0.05) is 64.6 Å². The van der Waals surface area contributed by atoms with Gasteiger partial charge in [0.15, 0.2) is 0 Å². The van der Waals surface area contributed by atoms with E-state index in [9.17, 15) is 29.7 Å². The molecule has 1 aliphatic rings. The summed E-state index contributed by atoms with van der Waals surface area (Å²) in [7, 11) is 0.